The quantitative estimate of drug-likeness (QED) is 0.409. The molecule has 0 heterocycles. The van der Waals surface area contributed by atoms with Gasteiger partial charge in [0.1, 0.15) is 0 Å². The van der Waals surface area contributed by atoms with Crippen LogP contribution in [0.5, 0.6) is 0 Å². The van der Waals surface area contributed by atoms with Crippen molar-refractivity contribution in [2.24, 2.45) is 0 Å². The second kappa shape index (κ2) is 643. The van der Waals surface area contributed by atoms with E-state index >= 15 is 0 Å². The van der Waals surface area contributed by atoms with Crippen molar-refractivity contribution in [3.05, 3.63) is 0 Å². The summed E-state index contributed by atoms with van der Waals surface area (Å²) < 4.78 is 0. The van der Waals surface area contributed by atoms with Gasteiger partial charge < -0.3 is 43.8 Å². The minimum atomic E-state index is 0. The van der Waals surface area contributed by atoms with E-state index in [9.17, 15) is 0 Å². The summed E-state index contributed by atoms with van der Waals surface area (Å²) >= 11 is 0. The molecule has 0 saturated carbocycles. The zero-order valence-corrected chi connectivity index (χ0v) is 9.78. The summed E-state index contributed by atoms with van der Waals surface area (Å²) in [6, 6.07) is 0. The standard InChI is InChI=1S/Mn.Ni.8H2O.W/h;;8*1H2;/q2*+2;;;;;;;;;+4/p-8. The Morgan fingerprint density at radius 1 is 0.364 bits per heavy atom. The minimum absolute atomic E-state index is 0. The fourth-order valence-electron chi connectivity index (χ4n) is 0. The normalized spacial score (nSPS) is 0. The Bertz CT molecular complexity index is 14.1. The molecule has 0 aliphatic carbocycles. The van der Waals surface area contributed by atoms with Gasteiger partial charge in [-0.25, -0.2) is 0 Å². The van der Waals surface area contributed by atoms with Gasteiger partial charge in [0, 0.05) is 0 Å². The van der Waals surface area contributed by atoms with Crippen LogP contribution in [0.4, 0.5) is 0 Å². The molecule has 0 fully saturated rings. The maximum Gasteiger partial charge on any atom is 4.00 e. The van der Waals surface area contributed by atoms with Gasteiger partial charge in [0.05, 0.1) is 0 Å². The van der Waals surface area contributed by atoms with Crippen molar-refractivity contribution >= 4 is 0 Å². The van der Waals surface area contributed by atoms with Crippen molar-refractivity contribution in [2.75, 3.05) is 0 Å². The second-order valence-electron chi connectivity index (χ2n) is 0. The van der Waals surface area contributed by atoms with Crippen molar-refractivity contribution < 1.29 is 98.4 Å². The van der Waals surface area contributed by atoms with Crippen molar-refractivity contribution in [3.8, 4) is 0 Å². The number of hydrogen-bond acceptors (Lipinski definition) is 8. The topological polar surface area (TPSA) is 240 Å². The molecule has 0 aromatic heterocycles. The van der Waals surface area contributed by atoms with E-state index in [-0.39, 0.29) is 98.4 Å². The van der Waals surface area contributed by atoms with Crippen LogP contribution in [0.2, 0.25) is 0 Å². The Balaban J connectivity index is 0. The fraction of sp³-hybridized carbons (Fsp3) is 0. The summed E-state index contributed by atoms with van der Waals surface area (Å²) in [7, 11) is 0. The van der Waals surface area contributed by atoms with E-state index in [0.717, 1.165) is 0 Å². The van der Waals surface area contributed by atoms with Crippen LogP contribution in [-0.2, 0) is 54.6 Å². The van der Waals surface area contributed by atoms with Gasteiger partial charge in [0.25, 0.3) is 0 Å². The van der Waals surface area contributed by atoms with Crippen LogP contribution in [0.3, 0.4) is 0 Å². The van der Waals surface area contributed by atoms with Gasteiger partial charge in [0.15, 0.2) is 0 Å². The van der Waals surface area contributed by atoms with Gasteiger partial charge in [0.2, 0.25) is 0 Å². The molecular formula is H8MnNiO8W. The fourth-order valence-corrected chi connectivity index (χ4v) is 0. The molecule has 0 atom stereocenters. The molecule has 79 valence electrons. The van der Waals surface area contributed by atoms with Crippen LogP contribution in [0.1, 0.15) is 0 Å². The van der Waals surface area contributed by atoms with Gasteiger partial charge in [-0.2, -0.15) is 0 Å². The first-order chi connectivity index (χ1) is 0. The zero-order valence-electron chi connectivity index (χ0n) is 4.68. The van der Waals surface area contributed by atoms with Crippen LogP contribution < -0.4 is 0 Å². The predicted octanol–water partition coefficient (Wildman–Crippen LogP) is -1.42. The molecule has 11 heavy (non-hydrogen) atoms. The summed E-state index contributed by atoms with van der Waals surface area (Å²) in [6.07, 6.45) is 0. The second-order valence-corrected chi connectivity index (χ2v) is 0. The molecule has 0 aliphatic heterocycles. The van der Waals surface area contributed by atoms with E-state index in [1.807, 2.05) is 0 Å². The third-order valence-electron chi connectivity index (χ3n) is 0. The van der Waals surface area contributed by atoms with E-state index < -0.39 is 0 Å². The summed E-state index contributed by atoms with van der Waals surface area (Å²) in [4.78, 5) is 0. The van der Waals surface area contributed by atoms with Crippen LogP contribution in [0, 0.1) is 0 Å². The Hall–Kier alpha value is 1.38. The van der Waals surface area contributed by atoms with E-state index in [0.29, 0.717) is 0 Å². The average Bonchev–Trinajstić information content (AvgIpc) is 0. The molecule has 0 rings (SSSR count). The molecule has 8 N–H and O–H groups in total. The molecular weight excluding hydrogens is 425 g/mol. The maximum absolute atomic E-state index is 0. The molecule has 0 aromatic rings. The number of hydrogen-bond donors (Lipinski definition) is 0. The third kappa shape index (κ3) is 525. The molecule has 0 unspecified atom stereocenters. The summed E-state index contributed by atoms with van der Waals surface area (Å²) in [5, 5.41) is 0. The SMILES string of the molecule is [Mn+2].[Ni+2].[OH-].[OH-].[OH-].[OH-].[OH-].[OH-].[OH-].[OH-].[W+4]. The van der Waals surface area contributed by atoms with Gasteiger partial charge in [-0.15, -0.1) is 0 Å². The summed E-state index contributed by atoms with van der Waals surface area (Å²) in [5.74, 6) is 0. The Morgan fingerprint density at radius 2 is 0.364 bits per heavy atom. The van der Waals surface area contributed by atoms with Crippen LogP contribution in [0.25, 0.3) is 0 Å². The monoisotopic (exact) mass is 433 g/mol. The third-order valence-corrected chi connectivity index (χ3v) is 0. The molecule has 8 nitrogen and oxygen atoms in total. The first-order valence-electron chi connectivity index (χ1n) is 0. The van der Waals surface area contributed by atoms with Gasteiger partial charge in [-0.3, -0.25) is 0 Å². The van der Waals surface area contributed by atoms with Gasteiger partial charge in [-0.1, -0.05) is 0 Å². The summed E-state index contributed by atoms with van der Waals surface area (Å²) in [5.41, 5.74) is 0. The molecule has 0 amide bonds. The molecule has 11 heteroatoms. The first kappa shape index (κ1) is 841. The number of rotatable bonds is 0. The molecule has 0 saturated heterocycles. The van der Waals surface area contributed by atoms with E-state index in [1.165, 1.54) is 0 Å². The molecule has 0 bridgehead atoms. The van der Waals surface area contributed by atoms with Gasteiger partial charge >= 0.3 is 54.6 Å². The smallest absolute Gasteiger partial charge is 0.870 e. The molecule has 1 radical (unpaired) electrons. The van der Waals surface area contributed by atoms with Crippen LogP contribution in [0.15, 0.2) is 0 Å². The minimum Gasteiger partial charge on any atom is -0.870 e. The predicted molar refractivity (Wildman–Crippen MR) is 15.5 cm³/mol. The Labute approximate surface area is 98.2 Å². The average molecular weight is 434 g/mol. The Kier molecular flexibility index (Phi) is 49100. The van der Waals surface area contributed by atoms with Crippen molar-refractivity contribution in [2.45, 2.75) is 0 Å². The van der Waals surface area contributed by atoms with Gasteiger partial charge in [-0.05, 0) is 0 Å². The van der Waals surface area contributed by atoms with E-state index in [1.54, 1.807) is 0 Å². The van der Waals surface area contributed by atoms with E-state index in [2.05, 4.69) is 0 Å². The van der Waals surface area contributed by atoms with E-state index in [4.69, 9.17) is 0 Å². The molecule has 0 aromatic carbocycles. The Morgan fingerprint density at radius 3 is 0.364 bits per heavy atom. The van der Waals surface area contributed by atoms with Crippen molar-refractivity contribution in [1.82, 2.24) is 0 Å². The molecule has 0 spiro atoms. The van der Waals surface area contributed by atoms with Crippen molar-refractivity contribution in [1.29, 1.82) is 0 Å². The largest absolute Gasteiger partial charge is 4.00 e. The maximum atomic E-state index is 0. The first-order valence-corrected chi connectivity index (χ1v) is 0. The van der Waals surface area contributed by atoms with Crippen LogP contribution >= 0.6 is 0 Å². The summed E-state index contributed by atoms with van der Waals surface area (Å²) in [6.45, 7) is 0. The zero-order chi connectivity index (χ0) is 0. The molecule has 0 aliphatic rings. The van der Waals surface area contributed by atoms with Crippen LogP contribution in [-0.4, -0.2) is 43.8 Å². The van der Waals surface area contributed by atoms with Crippen molar-refractivity contribution in [3.63, 3.8) is 0 Å².